The van der Waals surface area contributed by atoms with Crippen LogP contribution < -0.4 is 0 Å². The van der Waals surface area contributed by atoms with Gasteiger partial charge in [-0.25, -0.2) is 0 Å². The standard InChI is InChI=1S/C8H18O2/c1-3-7(9)5-6-8(10)4-2/h7-10H,3-6H2,1-2H3/t7-,8-/m1/s1. The SMILES string of the molecule is CC[C@@H](O)CC[C@H](O)CC. The summed E-state index contributed by atoms with van der Waals surface area (Å²) in [5.41, 5.74) is 0. The first-order valence-corrected chi connectivity index (χ1v) is 4.06. The van der Waals surface area contributed by atoms with E-state index < -0.39 is 0 Å². The minimum atomic E-state index is -0.221. The van der Waals surface area contributed by atoms with E-state index in [0.717, 1.165) is 25.7 Å². The second-order valence-electron chi connectivity index (χ2n) is 2.70. The van der Waals surface area contributed by atoms with Crippen LogP contribution in [0.1, 0.15) is 39.5 Å². The lowest BCUT2D eigenvalue weighted by atomic mass is 10.1. The maximum Gasteiger partial charge on any atom is 0.0538 e. The van der Waals surface area contributed by atoms with Crippen LogP contribution in [0, 0.1) is 0 Å². The zero-order valence-electron chi connectivity index (χ0n) is 6.88. The van der Waals surface area contributed by atoms with Crippen LogP contribution in [-0.4, -0.2) is 22.4 Å². The van der Waals surface area contributed by atoms with Crippen molar-refractivity contribution in [3.63, 3.8) is 0 Å². The van der Waals surface area contributed by atoms with Gasteiger partial charge < -0.3 is 10.2 Å². The summed E-state index contributed by atoms with van der Waals surface area (Å²) in [6.07, 6.45) is 2.59. The highest BCUT2D eigenvalue weighted by Crippen LogP contribution is 2.06. The lowest BCUT2D eigenvalue weighted by Gasteiger charge is -2.10. The summed E-state index contributed by atoms with van der Waals surface area (Å²) >= 11 is 0. The van der Waals surface area contributed by atoms with Crippen molar-refractivity contribution in [2.75, 3.05) is 0 Å². The van der Waals surface area contributed by atoms with Crippen molar-refractivity contribution in [1.82, 2.24) is 0 Å². The van der Waals surface area contributed by atoms with Gasteiger partial charge in [-0.05, 0) is 25.7 Å². The molecule has 0 aromatic carbocycles. The van der Waals surface area contributed by atoms with E-state index in [4.69, 9.17) is 10.2 Å². The van der Waals surface area contributed by atoms with Crippen LogP contribution in [0.15, 0.2) is 0 Å². The topological polar surface area (TPSA) is 40.5 Å². The fraction of sp³-hybridized carbons (Fsp3) is 1.00. The van der Waals surface area contributed by atoms with Gasteiger partial charge in [-0.15, -0.1) is 0 Å². The molecule has 62 valence electrons. The van der Waals surface area contributed by atoms with Gasteiger partial charge >= 0.3 is 0 Å². The van der Waals surface area contributed by atoms with Gasteiger partial charge in [0.25, 0.3) is 0 Å². The second kappa shape index (κ2) is 5.69. The van der Waals surface area contributed by atoms with Crippen LogP contribution >= 0.6 is 0 Å². The van der Waals surface area contributed by atoms with Crippen molar-refractivity contribution in [3.05, 3.63) is 0 Å². The van der Waals surface area contributed by atoms with Gasteiger partial charge in [0.05, 0.1) is 12.2 Å². The van der Waals surface area contributed by atoms with Gasteiger partial charge in [0, 0.05) is 0 Å². The summed E-state index contributed by atoms with van der Waals surface area (Å²) in [5, 5.41) is 18.2. The summed E-state index contributed by atoms with van der Waals surface area (Å²) < 4.78 is 0. The Morgan fingerprint density at radius 2 is 1.20 bits per heavy atom. The highest BCUT2D eigenvalue weighted by Gasteiger charge is 2.04. The molecule has 0 aromatic rings. The van der Waals surface area contributed by atoms with E-state index in [1.54, 1.807) is 0 Å². The molecule has 0 spiro atoms. The number of aliphatic hydroxyl groups is 2. The molecule has 2 N–H and O–H groups in total. The predicted molar refractivity (Wildman–Crippen MR) is 41.8 cm³/mol. The van der Waals surface area contributed by atoms with E-state index in [9.17, 15) is 0 Å². The Morgan fingerprint density at radius 3 is 1.40 bits per heavy atom. The van der Waals surface area contributed by atoms with Crippen molar-refractivity contribution < 1.29 is 10.2 Å². The van der Waals surface area contributed by atoms with Gasteiger partial charge in [0.15, 0.2) is 0 Å². The van der Waals surface area contributed by atoms with E-state index in [-0.39, 0.29) is 12.2 Å². The third-order valence-corrected chi connectivity index (χ3v) is 1.78. The molecule has 0 aromatic heterocycles. The first-order chi connectivity index (χ1) is 4.70. The lowest BCUT2D eigenvalue weighted by Crippen LogP contribution is -2.11. The van der Waals surface area contributed by atoms with E-state index in [1.165, 1.54) is 0 Å². The third kappa shape index (κ3) is 4.77. The fourth-order valence-electron chi connectivity index (χ4n) is 0.793. The summed E-state index contributed by atoms with van der Waals surface area (Å²) in [7, 11) is 0. The largest absolute Gasteiger partial charge is 0.393 e. The third-order valence-electron chi connectivity index (χ3n) is 1.78. The van der Waals surface area contributed by atoms with Crippen molar-refractivity contribution >= 4 is 0 Å². The average molecular weight is 146 g/mol. The molecule has 0 unspecified atom stereocenters. The molecule has 0 saturated heterocycles. The van der Waals surface area contributed by atoms with E-state index in [0.29, 0.717) is 0 Å². The molecule has 2 atom stereocenters. The second-order valence-corrected chi connectivity index (χ2v) is 2.70. The number of hydrogen-bond acceptors (Lipinski definition) is 2. The zero-order valence-corrected chi connectivity index (χ0v) is 6.88. The van der Waals surface area contributed by atoms with Crippen molar-refractivity contribution in [2.24, 2.45) is 0 Å². The first kappa shape index (κ1) is 9.92. The summed E-state index contributed by atoms with van der Waals surface area (Å²) in [5.74, 6) is 0. The van der Waals surface area contributed by atoms with Crippen molar-refractivity contribution in [3.8, 4) is 0 Å². The van der Waals surface area contributed by atoms with Gasteiger partial charge in [-0.3, -0.25) is 0 Å². The van der Waals surface area contributed by atoms with Crippen LogP contribution in [0.4, 0.5) is 0 Å². The Bertz CT molecular complexity index is 63.7. The minimum Gasteiger partial charge on any atom is -0.393 e. The molecule has 10 heavy (non-hydrogen) atoms. The molecule has 0 aliphatic rings. The molecule has 0 radical (unpaired) electrons. The van der Waals surface area contributed by atoms with Crippen LogP contribution in [-0.2, 0) is 0 Å². The van der Waals surface area contributed by atoms with E-state index in [2.05, 4.69) is 0 Å². The summed E-state index contributed by atoms with van der Waals surface area (Å²) in [6.45, 7) is 3.89. The fourth-order valence-corrected chi connectivity index (χ4v) is 0.793. The zero-order chi connectivity index (χ0) is 7.98. The number of aliphatic hydroxyl groups excluding tert-OH is 2. The van der Waals surface area contributed by atoms with Crippen molar-refractivity contribution in [1.29, 1.82) is 0 Å². The van der Waals surface area contributed by atoms with Crippen molar-refractivity contribution in [2.45, 2.75) is 51.7 Å². The highest BCUT2D eigenvalue weighted by molar-refractivity contribution is 4.57. The highest BCUT2D eigenvalue weighted by atomic mass is 16.3. The Kier molecular flexibility index (Phi) is 5.64. The molecule has 0 heterocycles. The predicted octanol–water partition coefficient (Wildman–Crippen LogP) is 1.31. The molecule has 0 fully saturated rings. The molecule has 0 rings (SSSR count). The Morgan fingerprint density at radius 1 is 0.900 bits per heavy atom. The van der Waals surface area contributed by atoms with Crippen LogP contribution in [0.25, 0.3) is 0 Å². The van der Waals surface area contributed by atoms with E-state index in [1.807, 2.05) is 13.8 Å². The summed E-state index contributed by atoms with van der Waals surface area (Å²) in [4.78, 5) is 0. The molecule has 0 bridgehead atoms. The molecule has 2 nitrogen and oxygen atoms in total. The normalized spacial score (nSPS) is 16.8. The molecular weight excluding hydrogens is 128 g/mol. The lowest BCUT2D eigenvalue weighted by molar-refractivity contribution is 0.109. The average Bonchev–Trinajstić information content (AvgIpc) is 1.99. The summed E-state index contributed by atoms with van der Waals surface area (Å²) in [6, 6.07) is 0. The quantitative estimate of drug-likeness (QED) is 0.614. The Labute approximate surface area is 62.9 Å². The van der Waals surface area contributed by atoms with Gasteiger partial charge in [-0.1, -0.05) is 13.8 Å². The van der Waals surface area contributed by atoms with Crippen LogP contribution in [0.5, 0.6) is 0 Å². The monoisotopic (exact) mass is 146 g/mol. The number of hydrogen-bond donors (Lipinski definition) is 2. The van der Waals surface area contributed by atoms with Gasteiger partial charge in [0.1, 0.15) is 0 Å². The molecule has 0 saturated carbocycles. The Balaban J connectivity index is 3.17. The van der Waals surface area contributed by atoms with Gasteiger partial charge in [0.2, 0.25) is 0 Å². The molecule has 0 aliphatic heterocycles. The van der Waals surface area contributed by atoms with Gasteiger partial charge in [-0.2, -0.15) is 0 Å². The molecule has 0 aliphatic carbocycles. The maximum atomic E-state index is 9.09. The smallest absolute Gasteiger partial charge is 0.0538 e. The molecule has 2 heteroatoms. The minimum absolute atomic E-state index is 0.221. The maximum absolute atomic E-state index is 9.09. The first-order valence-electron chi connectivity index (χ1n) is 4.06. The molecule has 0 amide bonds. The van der Waals surface area contributed by atoms with Crippen LogP contribution in [0.2, 0.25) is 0 Å². The molecular formula is C8H18O2. The van der Waals surface area contributed by atoms with E-state index >= 15 is 0 Å². The number of rotatable bonds is 5. The Hall–Kier alpha value is -0.0800. The van der Waals surface area contributed by atoms with Crippen LogP contribution in [0.3, 0.4) is 0 Å².